The molecule has 0 radical (unpaired) electrons. The molecule has 29 heavy (non-hydrogen) atoms. The summed E-state index contributed by atoms with van der Waals surface area (Å²) in [4.78, 5) is 26.1. The highest BCUT2D eigenvalue weighted by Gasteiger charge is 2.22. The van der Waals surface area contributed by atoms with Crippen molar-refractivity contribution in [2.75, 3.05) is 31.1 Å². The summed E-state index contributed by atoms with van der Waals surface area (Å²) in [6.07, 6.45) is 0. The van der Waals surface area contributed by atoms with Gasteiger partial charge in [-0.25, -0.2) is 4.79 Å². The monoisotopic (exact) mass is 394 g/mol. The van der Waals surface area contributed by atoms with Gasteiger partial charge in [0.15, 0.2) is 0 Å². The number of hydrogen-bond acceptors (Lipinski definition) is 5. The van der Waals surface area contributed by atoms with Gasteiger partial charge in [0, 0.05) is 34.8 Å². The summed E-state index contributed by atoms with van der Waals surface area (Å²) in [5.41, 5.74) is 4.79. The molecule has 0 unspecified atom stereocenters. The normalized spacial score (nSPS) is 15.0. The molecular formula is C22H24N3O4+. The third kappa shape index (κ3) is 4.00. The van der Waals surface area contributed by atoms with E-state index in [-0.39, 0.29) is 16.2 Å². The lowest BCUT2D eigenvalue weighted by Crippen LogP contribution is -3.13. The van der Waals surface area contributed by atoms with E-state index < -0.39 is 0 Å². The number of quaternary nitrogens is 1. The summed E-state index contributed by atoms with van der Waals surface area (Å²) in [6, 6.07) is 12.4. The molecule has 150 valence electrons. The summed E-state index contributed by atoms with van der Waals surface area (Å²) in [5.74, 6) is 0. The highest BCUT2D eigenvalue weighted by atomic mass is 16.6. The molecule has 2 aromatic carbocycles. The number of nitrogens with one attached hydrogen (secondary N) is 1. The highest BCUT2D eigenvalue weighted by Crippen LogP contribution is 2.22. The Morgan fingerprint density at radius 1 is 1.07 bits per heavy atom. The van der Waals surface area contributed by atoms with Gasteiger partial charge in [0.2, 0.25) is 0 Å². The maximum Gasteiger partial charge on any atom is 0.336 e. The van der Waals surface area contributed by atoms with E-state index in [2.05, 4.69) is 17.9 Å². The summed E-state index contributed by atoms with van der Waals surface area (Å²) in [5, 5.41) is 11.8. The van der Waals surface area contributed by atoms with Crippen LogP contribution in [-0.4, -0.2) is 31.1 Å². The van der Waals surface area contributed by atoms with Gasteiger partial charge in [0.1, 0.15) is 12.1 Å². The number of anilines is 1. The quantitative estimate of drug-likeness (QED) is 0.417. The van der Waals surface area contributed by atoms with Crippen LogP contribution < -0.4 is 15.4 Å². The molecule has 1 aliphatic rings. The molecular weight excluding hydrogens is 370 g/mol. The SMILES string of the molecule is Cc1cc2oc(=O)cc(C[NH+]3CCN(c4ccc([N+](=O)[O-])cc4)CC3)c2cc1C. The largest absolute Gasteiger partial charge is 0.423 e. The van der Waals surface area contributed by atoms with Crippen molar-refractivity contribution in [2.24, 2.45) is 0 Å². The number of fused-ring (bicyclic) bond motifs is 1. The van der Waals surface area contributed by atoms with E-state index in [1.54, 1.807) is 18.2 Å². The summed E-state index contributed by atoms with van der Waals surface area (Å²) in [6.45, 7) is 8.46. The first kappa shape index (κ1) is 19.1. The fourth-order valence-corrected chi connectivity index (χ4v) is 3.94. The molecule has 0 amide bonds. The molecule has 0 atom stereocenters. The first-order valence-corrected chi connectivity index (χ1v) is 9.77. The van der Waals surface area contributed by atoms with E-state index >= 15 is 0 Å². The number of nitro benzene ring substituents is 1. The molecule has 4 rings (SSSR count). The Labute approximate surface area is 168 Å². The second-order valence-corrected chi connectivity index (χ2v) is 7.71. The van der Waals surface area contributed by atoms with Crippen LogP contribution in [0.25, 0.3) is 11.0 Å². The van der Waals surface area contributed by atoms with Gasteiger partial charge in [-0.3, -0.25) is 10.1 Å². The zero-order chi connectivity index (χ0) is 20.5. The van der Waals surface area contributed by atoms with Crippen LogP contribution in [0.4, 0.5) is 11.4 Å². The second kappa shape index (κ2) is 7.67. The van der Waals surface area contributed by atoms with Crippen LogP contribution >= 0.6 is 0 Å². The number of aryl methyl sites for hydroxylation is 2. The Morgan fingerprint density at radius 2 is 1.72 bits per heavy atom. The van der Waals surface area contributed by atoms with Crippen LogP contribution in [0.2, 0.25) is 0 Å². The Morgan fingerprint density at radius 3 is 2.38 bits per heavy atom. The number of nitro groups is 1. The van der Waals surface area contributed by atoms with Crippen LogP contribution in [-0.2, 0) is 6.54 Å². The molecule has 0 spiro atoms. The van der Waals surface area contributed by atoms with Crippen LogP contribution in [0.1, 0.15) is 16.7 Å². The number of benzene rings is 2. The number of rotatable bonds is 4. The standard InChI is InChI=1S/C22H23N3O4/c1-15-11-20-17(13-22(26)29-21(20)12-16(15)2)14-23-7-9-24(10-8-23)18-3-5-19(6-4-18)25(27)28/h3-6,11-13H,7-10,14H2,1-2H3/p+1. The van der Waals surface area contributed by atoms with Crippen molar-refractivity contribution in [1.82, 2.24) is 0 Å². The van der Waals surface area contributed by atoms with Crippen molar-refractivity contribution in [1.29, 1.82) is 0 Å². The van der Waals surface area contributed by atoms with Gasteiger partial charge in [0.05, 0.1) is 31.1 Å². The third-order valence-corrected chi connectivity index (χ3v) is 5.78. The Balaban J connectivity index is 1.48. The summed E-state index contributed by atoms with van der Waals surface area (Å²) >= 11 is 0. The fourth-order valence-electron chi connectivity index (χ4n) is 3.94. The fraction of sp³-hybridized carbons (Fsp3) is 0.318. The Kier molecular flexibility index (Phi) is 5.07. The van der Waals surface area contributed by atoms with E-state index in [1.165, 1.54) is 10.5 Å². The van der Waals surface area contributed by atoms with E-state index in [0.717, 1.165) is 54.9 Å². The molecule has 1 aromatic heterocycles. The molecule has 7 heteroatoms. The van der Waals surface area contributed by atoms with Gasteiger partial charge in [-0.15, -0.1) is 0 Å². The zero-order valence-corrected chi connectivity index (χ0v) is 16.6. The minimum absolute atomic E-state index is 0.110. The van der Waals surface area contributed by atoms with E-state index in [9.17, 15) is 14.9 Å². The first-order chi connectivity index (χ1) is 13.9. The number of piperazine rings is 1. The minimum Gasteiger partial charge on any atom is -0.423 e. The predicted molar refractivity (Wildman–Crippen MR) is 112 cm³/mol. The van der Waals surface area contributed by atoms with Crippen LogP contribution in [0.5, 0.6) is 0 Å². The molecule has 7 nitrogen and oxygen atoms in total. The molecule has 1 saturated heterocycles. The third-order valence-electron chi connectivity index (χ3n) is 5.78. The Bertz CT molecular complexity index is 1110. The topological polar surface area (TPSA) is 81.0 Å². The van der Waals surface area contributed by atoms with E-state index in [1.807, 2.05) is 25.1 Å². The van der Waals surface area contributed by atoms with Crippen molar-refractivity contribution < 1.29 is 14.2 Å². The average molecular weight is 394 g/mol. The molecule has 2 heterocycles. The predicted octanol–water partition coefficient (Wildman–Crippen LogP) is 2.22. The van der Waals surface area contributed by atoms with Gasteiger partial charge < -0.3 is 14.2 Å². The van der Waals surface area contributed by atoms with Crippen molar-refractivity contribution in [2.45, 2.75) is 20.4 Å². The first-order valence-electron chi connectivity index (χ1n) is 9.77. The van der Waals surface area contributed by atoms with Gasteiger partial charge in [-0.1, -0.05) is 0 Å². The van der Waals surface area contributed by atoms with Crippen LogP contribution in [0, 0.1) is 24.0 Å². The molecule has 0 saturated carbocycles. The molecule has 0 bridgehead atoms. The molecule has 1 fully saturated rings. The van der Waals surface area contributed by atoms with Crippen LogP contribution in [0.15, 0.2) is 51.7 Å². The molecule has 1 N–H and O–H groups in total. The van der Waals surface area contributed by atoms with Crippen molar-refractivity contribution in [3.63, 3.8) is 0 Å². The zero-order valence-electron chi connectivity index (χ0n) is 16.6. The van der Waals surface area contributed by atoms with E-state index in [0.29, 0.717) is 5.58 Å². The lowest BCUT2D eigenvalue weighted by molar-refractivity contribution is -0.914. The van der Waals surface area contributed by atoms with Gasteiger partial charge in [-0.2, -0.15) is 0 Å². The lowest BCUT2D eigenvalue weighted by Gasteiger charge is -2.33. The van der Waals surface area contributed by atoms with Gasteiger partial charge >= 0.3 is 5.63 Å². The maximum absolute atomic E-state index is 12.0. The van der Waals surface area contributed by atoms with E-state index in [4.69, 9.17) is 4.42 Å². The Hall–Kier alpha value is -3.19. The molecule has 1 aliphatic heterocycles. The smallest absolute Gasteiger partial charge is 0.336 e. The molecule has 3 aromatic rings. The van der Waals surface area contributed by atoms with Gasteiger partial charge in [-0.05, 0) is 49.2 Å². The average Bonchev–Trinajstić information content (AvgIpc) is 2.70. The van der Waals surface area contributed by atoms with Crippen molar-refractivity contribution in [3.05, 3.63) is 79.7 Å². The number of nitrogens with zero attached hydrogens (tertiary/aromatic N) is 2. The highest BCUT2D eigenvalue weighted by molar-refractivity contribution is 5.81. The van der Waals surface area contributed by atoms with Crippen LogP contribution in [0.3, 0.4) is 0 Å². The minimum atomic E-state index is -0.379. The molecule has 0 aliphatic carbocycles. The number of hydrogen-bond donors (Lipinski definition) is 1. The summed E-state index contributed by atoms with van der Waals surface area (Å²) < 4.78 is 5.41. The number of non-ortho nitro benzene ring substituents is 1. The second-order valence-electron chi connectivity index (χ2n) is 7.71. The summed E-state index contributed by atoms with van der Waals surface area (Å²) in [7, 11) is 0. The lowest BCUT2D eigenvalue weighted by atomic mass is 10.0. The van der Waals surface area contributed by atoms with Gasteiger partial charge in [0.25, 0.3) is 5.69 Å². The van der Waals surface area contributed by atoms with Crippen molar-refractivity contribution >= 4 is 22.3 Å². The maximum atomic E-state index is 12.0. The van der Waals surface area contributed by atoms with Crippen molar-refractivity contribution in [3.8, 4) is 0 Å².